The van der Waals surface area contributed by atoms with Crippen LogP contribution in [0, 0.1) is 0 Å². The fourth-order valence-electron chi connectivity index (χ4n) is 3.49. The molecule has 0 spiro atoms. The molecule has 2 aromatic rings. The van der Waals surface area contributed by atoms with Gasteiger partial charge in [-0.25, -0.2) is 0 Å². The summed E-state index contributed by atoms with van der Waals surface area (Å²) in [6.07, 6.45) is 6.10. The van der Waals surface area contributed by atoms with Gasteiger partial charge in [-0.05, 0) is 62.7 Å². The standard InChI is InChI=1S/C22H30N2O4/c1-3-4-13-28-20-10-9-17(15-21(20)26-2)22(25)23-16-18(19-8-7-14-27-19)24-11-5-6-12-24/h7-10,14-15,18H,3-6,11-13,16H2,1-2H3,(H,23,25). The number of hydrogen-bond donors (Lipinski definition) is 1. The smallest absolute Gasteiger partial charge is 0.251 e. The zero-order valence-corrected chi connectivity index (χ0v) is 16.8. The molecule has 152 valence electrons. The van der Waals surface area contributed by atoms with Gasteiger partial charge in [0.2, 0.25) is 0 Å². The van der Waals surface area contributed by atoms with Crippen LogP contribution in [-0.4, -0.2) is 44.2 Å². The number of carbonyl (C=O) groups is 1. The van der Waals surface area contributed by atoms with Crippen LogP contribution in [0.3, 0.4) is 0 Å². The molecule has 1 aliphatic heterocycles. The molecular formula is C22H30N2O4. The van der Waals surface area contributed by atoms with Crippen molar-refractivity contribution in [3.05, 3.63) is 47.9 Å². The summed E-state index contributed by atoms with van der Waals surface area (Å²) in [4.78, 5) is 15.1. The van der Waals surface area contributed by atoms with Crippen molar-refractivity contribution in [2.75, 3.05) is 33.4 Å². The van der Waals surface area contributed by atoms with Crippen LogP contribution in [0.5, 0.6) is 11.5 Å². The van der Waals surface area contributed by atoms with Gasteiger partial charge in [-0.1, -0.05) is 13.3 Å². The van der Waals surface area contributed by atoms with Crippen LogP contribution >= 0.6 is 0 Å². The summed E-state index contributed by atoms with van der Waals surface area (Å²) in [5.74, 6) is 2.00. The molecule has 6 heteroatoms. The van der Waals surface area contributed by atoms with Crippen molar-refractivity contribution in [1.29, 1.82) is 0 Å². The lowest BCUT2D eigenvalue weighted by Gasteiger charge is -2.26. The van der Waals surface area contributed by atoms with Crippen molar-refractivity contribution >= 4 is 5.91 Å². The minimum absolute atomic E-state index is 0.0556. The molecule has 1 unspecified atom stereocenters. The lowest BCUT2D eigenvalue weighted by molar-refractivity contribution is 0.0933. The Labute approximate surface area is 166 Å². The Kier molecular flexibility index (Phi) is 7.37. The first-order chi connectivity index (χ1) is 13.7. The van der Waals surface area contributed by atoms with E-state index in [1.807, 2.05) is 12.1 Å². The third-order valence-corrected chi connectivity index (χ3v) is 5.09. The molecule has 2 heterocycles. The Morgan fingerprint density at radius 2 is 2.07 bits per heavy atom. The van der Waals surface area contributed by atoms with Crippen molar-refractivity contribution in [2.24, 2.45) is 0 Å². The Bertz CT molecular complexity index is 739. The highest BCUT2D eigenvalue weighted by Crippen LogP contribution is 2.29. The highest BCUT2D eigenvalue weighted by Gasteiger charge is 2.26. The summed E-state index contributed by atoms with van der Waals surface area (Å²) in [5, 5.41) is 3.05. The number of unbranched alkanes of at least 4 members (excludes halogenated alkanes) is 1. The Morgan fingerprint density at radius 1 is 1.25 bits per heavy atom. The minimum Gasteiger partial charge on any atom is -0.493 e. The van der Waals surface area contributed by atoms with Crippen molar-refractivity contribution in [3.63, 3.8) is 0 Å². The fourth-order valence-corrected chi connectivity index (χ4v) is 3.49. The van der Waals surface area contributed by atoms with E-state index < -0.39 is 0 Å². The van der Waals surface area contributed by atoms with Gasteiger partial charge >= 0.3 is 0 Å². The average Bonchev–Trinajstić information content (AvgIpc) is 3.43. The van der Waals surface area contributed by atoms with Crippen LogP contribution < -0.4 is 14.8 Å². The van der Waals surface area contributed by atoms with E-state index in [1.165, 1.54) is 12.8 Å². The van der Waals surface area contributed by atoms with E-state index in [1.54, 1.807) is 31.6 Å². The monoisotopic (exact) mass is 386 g/mol. The van der Waals surface area contributed by atoms with Crippen molar-refractivity contribution in [2.45, 2.75) is 38.6 Å². The Hall–Kier alpha value is -2.47. The van der Waals surface area contributed by atoms with Crippen LogP contribution in [0.2, 0.25) is 0 Å². The molecular weight excluding hydrogens is 356 g/mol. The second-order valence-corrected chi connectivity index (χ2v) is 7.05. The van der Waals surface area contributed by atoms with Gasteiger partial charge in [0.15, 0.2) is 11.5 Å². The van der Waals surface area contributed by atoms with Crippen LogP contribution in [0.4, 0.5) is 0 Å². The molecule has 1 atom stereocenters. The topological polar surface area (TPSA) is 63.9 Å². The summed E-state index contributed by atoms with van der Waals surface area (Å²) in [5.41, 5.74) is 0.555. The van der Waals surface area contributed by atoms with Crippen molar-refractivity contribution < 1.29 is 18.7 Å². The number of nitrogens with one attached hydrogen (secondary N) is 1. The zero-order chi connectivity index (χ0) is 19.8. The summed E-state index contributed by atoms with van der Waals surface area (Å²) in [6, 6.07) is 9.22. The summed E-state index contributed by atoms with van der Waals surface area (Å²) >= 11 is 0. The Balaban J connectivity index is 1.64. The van der Waals surface area contributed by atoms with Crippen LogP contribution in [-0.2, 0) is 0 Å². The number of ether oxygens (including phenoxy) is 2. The maximum Gasteiger partial charge on any atom is 0.251 e. The van der Waals surface area contributed by atoms with E-state index >= 15 is 0 Å². The number of furan rings is 1. The van der Waals surface area contributed by atoms with Gasteiger partial charge in [0, 0.05) is 12.1 Å². The predicted octanol–water partition coefficient (Wildman–Crippen LogP) is 4.03. The van der Waals surface area contributed by atoms with Crippen LogP contribution in [0.25, 0.3) is 0 Å². The van der Waals surface area contributed by atoms with Crippen LogP contribution in [0.15, 0.2) is 41.0 Å². The number of benzene rings is 1. The van der Waals surface area contributed by atoms with Gasteiger partial charge in [0.25, 0.3) is 5.91 Å². The molecule has 0 radical (unpaired) electrons. The lowest BCUT2D eigenvalue weighted by atomic mass is 10.1. The zero-order valence-electron chi connectivity index (χ0n) is 16.8. The molecule has 1 amide bonds. The lowest BCUT2D eigenvalue weighted by Crippen LogP contribution is -2.36. The second-order valence-electron chi connectivity index (χ2n) is 7.05. The molecule has 1 N–H and O–H groups in total. The molecule has 1 saturated heterocycles. The predicted molar refractivity (Wildman–Crippen MR) is 108 cm³/mol. The van der Waals surface area contributed by atoms with Crippen molar-refractivity contribution in [1.82, 2.24) is 10.2 Å². The first-order valence-corrected chi connectivity index (χ1v) is 10.1. The number of likely N-dealkylation sites (tertiary alicyclic amines) is 1. The van der Waals surface area contributed by atoms with Crippen LogP contribution in [0.1, 0.15) is 54.8 Å². The number of rotatable bonds is 10. The van der Waals surface area contributed by atoms with Crippen molar-refractivity contribution in [3.8, 4) is 11.5 Å². The normalized spacial score (nSPS) is 15.4. The van der Waals surface area contributed by atoms with Gasteiger partial charge in [-0.3, -0.25) is 9.69 Å². The van der Waals surface area contributed by atoms with E-state index in [4.69, 9.17) is 13.9 Å². The third-order valence-electron chi connectivity index (χ3n) is 5.09. The van der Waals surface area contributed by atoms with E-state index in [0.717, 1.165) is 31.7 Å². The Morgan fingerprint density at radius 3 is 2.75 bits per heavy atom. The maximum absolute atomic E-state index is 12.7. The highest BCUT2D eigenvalue weighted by atomic mass is 16.5. The average molecular weight is 386 g/mol. The molecule has 6 nitrogen and oxygen atoms in total. The number of amides is 1. The molecule has 1 fully saturated rings. The largest absolute Gasteiger partial charge is 0.493 e. The minimum atomic E-state index is -0.130. The molecule has 1 aromatic carbocycles. The number of nitrogens with zero attached hydrogens (tertiary/aromatic N) is 1. The molecule has 3 rings (SSSR count). The molecule has 0 aliphatic carbocycles. The number of carbonyl (C=O) groups excluding carboxylic acids is 1. The number of hydrogen-bond acceptors (Lipinski definition) is 5. The van der Waals surface area contributed by atoms with E-state index in [9.17, 15) is 4.79 Å². The molecule has 0 bridgehead atoms. The molecule has 1 aromatic heterocycles. The van der Waals surface area contributed by atoms with Gasteiger partial charge in [0.05, 0.1) is 26.0 Å². The van der Waals surface area contributed by atoms with E-state index in [-0.39, 0.29) is 11.9 Å². The van der Waals surface area contributed by atoms with Gasteiger partial charge in [0.1, 0.15) is 5.76 Å². The summed E-state index contributed by atoms with van der Waals surface area (Å²) < 4.78 is 16.8. The quantitative estimate of drug-likeness (QED) is 0.625. The maximum atomic E-state index is 12.7. The van der Waals surface area contributed by atoms with Gasteiger partial charge in [-0.15, -0.1) is 0 Å². The van der Waals surface area contributed by atoms with Gasteiger partial charge in [-0.2, -0.15) is 0 Å². The second kappa shape index (κ2) is 10.2. The highest BCUT2D eigenvalue weighted by molar-refractivity contribution is 5.94. The summed E-state index contributed by atoms with van der Waals surface area (Å²) in [6.45, 7) is 5.31. The first-order valence-electron chi connectivity index (χ1n) is 10.1. The first kappa shape index (κ1) is 20.3. The van der Waals surface area contributed by atoms with Gasteiger partial charge < -0.3 is 19.2 Å². The van der Waals surface area contributed by atoms with E-state index in [0.29, 0.717) is 30.2 Å². The van der Waals surface area contributed by atoms with E-state index in [2.05, 4.69) is 17.1 Å². The molecule has 0 saturated carbocycles. The molecule has 1 aliphatic rings. The third kappa shape index (κ3) is 5.07. The SMILES string of the molecule is CCCCOc1ccc(C(=O)NCC(c2ccco2)N2CCCC2)cc1OC. The summed E-state index contributed by atoms with van der Waals surface area (Å²) in [7, 11) is 1.59. The molecule has 28 heavy (non-hydrogen) atoms. The number of methoxy groups -OCH3 is 1. The fraction of sp³-hybridized carbons (Fsp3) is 0.500.